The Labute approximate surface area is 111 Å². The van der Waals surface area contributed by atoms with Gasteiger partial charge in [-0.2, -0.15) is 0 Å². The Bertz CT molecular complexity index is 460. The molecule has 0 aliphatic heterocycles. The Morgan fingerprint density at radius 1 is 1.37 bits per heavy atom. The van der Waals surface area contributed by atoms with E-state index in [1.165, 1.54) is 18.2 Å². The Morgan fingerprint density at radius 3 is 2.58 bits per heavy atom. The van der Waals surface area contributed by atoms with Gasteiger partial charge < -0.3 is 10.4 Å². The lowest BCUT2D eigenvalue weighted by Crippen LogP contribution is -2.30. The van der Waals surface area contributed by atoms with Gasteiger partial charge in [0.1, 0.15) is 5.82 Å². The van der Waals surface area contributed by atoms with Crippen molar-refractivity contribution in [1.82, 2.24) is 5.32 Å². The van der Waals surface area contributed by atoms with Gasteiger partial charge in [0.2, 0.25) is 5.91 Å². The molecule has 19 heavy (non-hydrogen) atoms. The molecule has 0 bridgehead atoms. The van der Waals surface area contributed by atoms with Crippen molar-refractivity contribution in [2.45, 2.75) is 38.6 Å². The number of amides is 1. The second-order valence-electron chi connectivity index (χ2n) is 4.71. The van der Waals surface area contributed by atoms with Crippen LogP contribution in [0, 0.1) is 5.82 Å². The molecule has 1 amide bonds. The van der Waals surface area contributed by atoms with Crippen LogP contribution in [0.2, 0.25) is 0 Å². The van der Waals surface area contributed by atoms with Crippen molar-refractivity contribution in [2.24, 2.45) is 0 Å². The summed E-state index contributed by atoms with van der Waals surface area (Å²) in [4.78, 5) is 22.7. The largest absolute Gasteiger partial charge is 0.481 e. The van der Waals surface area contributed by atoms with Crippen LogP contribution >= 0.6 is 0 Å². The van der Waals surface area contributed by atoms with Crippen molar-refractivity contribution >= 4 is 11.9 Å². The molecule has 0 aliphatic carbocycles. The molecule has 1 atom stereocenters. The summed E-state index contributed by atoms with van der Waals surface area (Å²) in [5, 5.41) is 11.9. The lowest BCUT2D eigenvalue weighted by molar-refractivity contribution is -0.139. The Hall–Kier alpha value is -1.91. The van der Waals surface area contributed by atoms with Crippen LogP contribution in [0.3, 0.4) is 0 Å². The number of carboxylic acid groups (broad SMARTS) is 1. The number of benzene rings is 1. The minimum absolute atomic E-state index is 0.0185. The van der Waals surface area contributed by atoms with E-state index in [0.717, 1.165) is 0 Å². The SMILES string of the molecule is CC(C)NC(=O)CCC(C(=O)O)c1cccc(F)c1. The Kier molecular flexibility index (Phi) is 5.48. The number of hydrogen-bond acceptors (Lipinski definition) is 2. The normalized spacial score (nSPS) is 12.2. The molecular formula is C14H18FNO3. The molecule has 0 spiro atoms. The minimum atomic E-state index is -1.05. The Morgan fingerprint density at radius 2 is 2.05 bits per heavy atom. The lowest BCUT2D eigenvalue weighted by Gasteiger charge is -2.13. The van der Waals surface area contributed by atoms with E-state index in [1.807, 2.05) is 13.8 Å². The van der Waals surface area contributed by atoms with Gasteiger partial charge in [-0.25, -0.2) is 4.39 Å². The van der Waals surface area contributed by atoms with Gasteiger partial charge in [0.15, 0.2) is 0 Å². The molecule has 0 radical (unpaired) electrons. The first-order valence-electron chi connectivity index (χ1n) is 6.17. The summed E-state index contributed by atoms with van der Waals surface area (Å²) < 4.78 is 13.1. The maximum atomic E-state index is 13.1. The molecule has 0 aliphatic rings. The molecule has 0 saturated heterocycles. The molecule has 4 nitrogen and oxygen atoms in total. The summed E-state index contributed by atoms with van der Waals surface area (Å²) in [5.41, 5.74) is 0.379. The monoisotopic (exact) mass is 267 g/mol. The number of nitrogens with one attached hydrogen (secondary N) is 1. The van der Waals surface area contributed by atoms with E-state index in [4.69, 9.17) is 5.11 Å². The van der Waals surface area contributed by atoms with Gasteiger partial charge in [-0.3, -0.25) is 9.59 Å². The van der Waals surface area contributed by atoms with E-state index in [2.05, 4.69) is 5.32 Å². The van der Waals surface area contributed by atoms with Crippen LogP contribution in [0.25, 0.3) is 0 Å². The molecule has 104 valence electrons. The third kappa shape index (κ3) is 5.07. The van der Waals surface area contributed by atoms with E-state index in [9.17, 15) is 14.0 Å². The molecule has 0 saturated carbocycles. The van der Waals surface area contributed by atoms with Crippen LogP contribution in [0.1, 0.15) is 38.2 Å². The molecule has 0 fully saturated rings. The van der Waals surface area contributed by atoms with Crippen molar-refractivity contribution in [3.8, 4) is 0 Å². The fraction of sp³-hybridized carbons (Fsp3) is 0.429. The van der Waals surface area contributed by atoms with Gasteiger partial charge >= 0.3 is 5.97 Å². The minimum Gasteiger partial charge on any atom is -0.481 e. The summed E-state index contributed by atoms with van der Waals surface area (Å²) in [6, 6.07) is 5.49. The van der Waals surface area contributed by atoms with Crippen molar-refractivity contribution in [2.75, 3.05) is 0 Å². The summed E-state index contributed by atoms with van der Waals surface area (Å²) in [6.07, 6.45) is 0.253. The van der Waals surface area contributed by atoms with Crippen molar-refractivity contribution < 1.29 is 19.1 Å². The van der Waals surface area contributed by atoms with Crippen LogP contribution in [0.4, 0.5) is 4.39 Å². The number of halogens is 1. The fourth-order valence-corrected chi connectivity index (χ4v) is 1.83. The summed E-state index contributed by atoms with van der Waals surface area (Å²) in [6.45, 7) is 3.66. The zero-order valence-electron chi connectivity index (χ0n) is 11.0. The first-order chi connectivity index (χ1) is 8.90. The summed E-state index contributed by atoms with van der Waals surface area (Å²) in [5.74, 6) is -2.59. The standard InChI is InChI=1S/C14H18FNO3/c1-9(2)16-13(17)7-6-12(14(18)19)10-4-3-5-11(15)8-10/h3-5,8-9,12H,6-7H2,1-2H3,(H,16,17)(H,18,19). The topological polar surface area (TPSA) is 66.4 Å². The second kappa shape index (κ2) is 6.87. The highest BCUT2D eigenvalue weighted by Crippen LogP contribution is 2.22. The highest BCUT2D eigenvalue weighted by Gasteiger charge is 2.21. The first-order valence-corrected chi connectivity index (χ1v) is 6.17. The smallest absolute Gasteiger partial charge is 0.310 e. The van der Waals surface area contributed by atoms with Crippen LogP contribution in [-0.2, 0) is 9.59 Å². The molecule has 0 heterocycles. The number of carboxylic acids is 1. The number of aliphatic carboxylic acids is 1. The molecule has 1 aromatic rings. The molecule has 1 aromatic carbocycles. The van der Waals surface area contributed by atoms with Gasteiger partial charge in [0.05, 0.1) is 5.92 Å². The fourth-order valence-electron chi connectivity index (χ4n) is 1.83. The van der Waals surface area contributed by atoms with Crippen molar-refractivity contribution in [3.05, 3.63) is 35.6 Å². The highest BCUT2D eigenvalue weighted by atomic mass is 19.1. The second-order valence-corrected chi connectivity index (χ2v) is 4.71. The number of rotatable bonds is 6. The third-order valence-corrected chi connectivity index (χ3v) is 2.66. The van der Waals surface area contributed by atoms with Crippen LogP contribution in [0.5, 0.6) is 0 Å². The number of hydrogen-bond donors (Lipinski definition) is 2. The predicted molar refractivity (Wildman–Crippen MR) is 69.3 cm³/mol. The predicted octanol–water partition coefficient (Wildman–Crippen LogP) is 2.30. The zero-order chi connectivity index (χ0) is 14.4. The van der Waals surface area contributed by atoms with Crippen molar-refractivity contribution in [3.63, 3.8) is 0 Å². The lowest BCUT2D eigenvalue weighted by atomic mass is 9.94. The molecule has 1 unspecified atom stereocenters. The third-order valence-electron chi connectivity index (χ3n) is 2.66. The van der Waals surface area contributed by atoms with E-state index in [-0.39, 0.29) is 24.8 Å². The zero-order valence-corrected chi connectivity index (χ0v) is 11.0. The molecule has 2 N–H and O–H groups in total. The van der Waals surface area contributed by atoms with Crippen LogP contribution < -0.4 is 5.32 Å². The molecule has 5 heteroatoms. The van der Waals surface area contributed by atoms with E-state index in [1.54, 1.807) is 6.07 Å². The molecule has 0 aromatic heterocycles. The molecule has 1 rings (SSSR count). The van der Waals surface area contributed by atoms with E-state index >= 15 is 0 Å². The van der Waals surface area contributed by atoms with Gasteiger partial charge in [-0.1, -0.05) is 12.1 Å². The maximum Gasteiger partial charge on any atom is 0.310 e. The van der Waals surface area contributed by atoms with Gasteiger partial charge in [0, 0.05) is 12.5 Å². The van der Waals surface area contributed by atoms with Gasteiger partial charge in [-0.15, -0.1) is 0 Å². The first kappa shape index (κ1) is 15.1. The average Bonchev–Trinajstić information content (AvgIpc) is 2.27. The average molecular weight is 267 g/mol. The van der Waals surface area contributed by atoms with Gasteiger partial charge in [-0.05, 0) is 38.0 Å². The van der Waals surface area contributed by atoms with Gasteiger partial charge in [0.25, 0.3) is 0 Å². The quantitative estimate of drug-likeness (QED) is 0.831. The van der Waals surface area contributed by atoms with Crippen molar-refractivity contribution in [1.29, 1.82) is 0 Å². The van der Waals surface area contributed by atoms with E-state index < -0.39 is 17.7 Å². The summed E-state index contributed by atoms with van der Waals surface area (Å²) in [7, 11) is 0. The number of carbonyl (C=O) groups excluding carboxylic acids is 1. The Balaban J connectivity index is 2.69. The number of carbonyl (C=O) groups is 2. The summed E-state index contributed by atoms with van der Waals surface area (Å²) >= 11 is 0. The molecular weight excluding hydrogens is 249 g/mol. The maximum absolute atomic E-state index is 13.1. The van der Waals surface area contributed by atoms with Crippen LogP contribution in [-0.4, -0.2) is 23.0 Å². The van der Waals surface area contributed by atoms with E-state index in [0.29, 0.717) is 5.56 Å². The van der Waals surface area contributed by atoms with Crippen LogP contribution in [0.15, 0.2) is 24.3 Å². The highest BCUT2D eigenvalue weighted by molar-refractivity contribution is 5.79.